The van der Waals surface area contributed by atoms with E-state index in [9.17, 15) is 0 Å². The average molecular weight is 190 g/mol. The highest BCUT2D eigenvalue weighted by Crippen LogP contribution is 2.33. The number of nitrogens with one attached hydrogen (secondary N) is 1. The second-order valence-electron chi connectivity index (χ2n) is 4.19. The Kier molecular flexibility index (Phi) is 2.82. The Balaban J connectivity index is 1.84. The lowest BCUT2D eigenvalue weighted by Gasteiger charge is -2.06. The van der Waals surface area contributed by atoms with E-state index in [0.717, 1.165) is 18.5 Å². The molecule has 1 aromatic rings. The zero-order chi connectivity index (χ0) is 9.97. The zero-order valence-electron chi connectivity index (χ0n) is 8.96. The van der Waals surface area contributed by atoms with Gasteiger partial charge in [-0.3, -0.25) is 4.98 Å². The highest BCUT2D eigenvalue weighted by atomic mass is 15.0. The molecule has 14 heavy (non-hydrogen) atoms. The van der Waals surface area contributed by atoms with Crippen LogP contribution < -0.4 is 5.32 Å². The third kappa shape index (κ3) is 2.13. The van der Waals surface area contributed by atoms with Crippen LogP contribution in [-0.4, -0.2) is 11.0 Å². The SMILES string of the molecule is CCC1CC1NCc1cnccc1C. The van der Waals surface area contributed by atoms with Gasteiger partial charge >= 0.3 is 0 Å². The smallest absolute Gasteiger partial charge is 0.0315 e. The second kappa shape index (κ2) is 4.09. The van der Waals surface area contributed by atoms with Crippen molar-refractivity contribution >= 4 is 0 Å². The number of hydrogen-bond acceptors (Lipinski definition) is 2. The van der Waals surface area contributed by atoms with Gasteiger partial charge < -0.3 is 5.32 Å². The van der Waals surface area contributed by atoms with Crippen LogP contribution in [0, 0.1) is 12.8 Å². The molecule has 1 aliphatic carbocycles. The molecule has 76 valence electrons. The summed E-state index contributed by atoms with van der Waals surface area (Å²) in [6.45, 7) is 5.38. The van der Waals surface area contributed by atoms with Gasteiger partial charge in [0.25, 0.3) is 0 Å². The van der Waals surface area contributed by atoms with E-state index in [-0.39, 0.29) is 0 Å². The van der Waals surface area contributed by atoms with E-state index in [1.54, 1.807) is 0 Å². The van der Waals surface area contributed by atoms with Crippen LogP contribution in [0.1, 0.15) is 30.9 Å². The summed E-state index contributed by atoms with van der Waals surface area (Å²) >= 11 is 0. The van der Waals surface area contributed by atoms with Gasteiger partial charge in [0.2, 0.25) is 0 Å². The number of hydrogen-bond donors (Lipinski definition) is 1. The first-order valence-corrected chi connectivity index (χ1v) is 5.44. The summed E-state index contributed by atoms with van der Waals surface area (Å²) < 4.78 is 0. The van der Waals surface area contributed by atoms with Gasteiger partial charge in [0, 0.05) is 25.0 Å². The van der Waals surface area contributed by atoms with Crippen LogP contribution >= 0.6 is 0 Å². The molecule has 1 heterocycles. The summed E-state index contributed by atoms with van der Waals surface area (Å²) in [4.78, 5) is 4.14. The third-order valence-electron chi connectivity index (χ3n) is 3.15. The summed E-state index contributed by atoms with van der Waals surface area (Å²) in [5.41, 5.74) is 2.66. The Hall–Kier alpha value is -0.890. The first-order chi connectivity index (χ1) is 6.81. The maximum Gasteiger partial charge on any atom is 0.0315 e. The molecule has 2 heteroatoms. The molecule has 0 amide bonds. The summed E-state index contributed by atoms with van der Waals surface area (Å²) in [7, 11) is 0. The number of aryl methyl sites for hydroxylation is 1. The van der Waals surface area contributed by atoms with E-state index in [0.29, 0.717) is 0 Å². The van der Waals surface area contributed by atoms with Crippen molar-refractivity contribution in [1.29, 1.82) is 0 Å². The number of pyridine rings is 1. The average Bonchev–Trinajstić information content (AvgIpc) is 2.95. The van der Waals surface area contributed by atoms with E-state index < -0.39 is 0 Å². The Morgan fingerprint density at radius 2 is 2.43 bits per heavy atom. The first kappa shape index (κ1) is 9.66. The van der Waals surface area contributed by atoms with Crippen LogP contribution in [0.3, 0.4) is 0 Å². The topological polar surface area (TPSA) is 24.9 Å². The minimum Gasteiger partial charge on any atom is -0.310 e. The van der Waals surface area contributed by atoms with Crippen LogP contribution in [0.15, 0.2) is 18.5 Å². The summed E-state index contributed by atoms with van der Waals surface area (Å²) in [5.74, 6) is 0.923. The monoisotopic (exact) mass is 190 g/mol. The second-order valence-corrected chi connectivity index (χ2v) is 4.19. The molecular weight excluding hydrogens is 172 g/mol. The van der Waals surface area contributed by atoms with Crippen molar-refractivity contribution in [3.63, 3.8) is 0 Å². The van der Waals surface area contributed by atoms with Gasteiger partial charge in [-0.1, -0.05) is 13.3 Å². The highest BCUT2D eigenvalue weighted by molar-refractivity contribution is 5.21. The Bertz CT molecular complexity index is 309. The molecule has 2 unspecified atom stereocenters. The minimum absolute atomic E-state index is 0.764. The molecule has 2 rings (SSSR count). The molecular formula is C12H18N2. The quantitative estimate of drug-likeness (QED) is 0.788. The third-order valence-corrected chi connectivity index (χ3v) is 3.15. The lowest BCUT2D eigenvalue weighted by molar-refractivity contribution is 0.621. The molecule has 1 fully saturated rings. The van der Waals surface area contributed by atoms with Crippen LogP contribution in [0.25, 0.3) is 0 Å². The largest absolute Gasteiger partial charge is 0.310 e. The van der Waals surface area contributed by atoms with Gasteiger partial charge in [-0.2, -0.15) is 0 Å². The van der Waals surface area contributed by atoms with Crippen molar-refractivity contribution in [1.82, 2.24) is 10.3 Å². The van der Waals surface area contributed by atoms with Crippen molar-refractivity contribution in [2.75, 3.05) is 0 Å². The fourth-order valence-corrected chi connectivity index (χ4v) is 1.87. The first-order valence-electron chi connectivity index (χ1n) is 5.44. The minimum atomic E-state index is 0.764. The van der Waals surface area contributed by atoms with E-state index in [4.69, 9.17) is 0 Å². The van der Waals surface area contributed by atoms with Gasteiger partial charge in [0.1, 0.15) is 0 Å². The van der Waals surface area contributed by atoms with Crippen molar-refractivity contribution in [3.05, 3.63) is 29.6 Å². The molecule has 0 aliphatic heterocycles. The molecule has 0 bridgehead atoms. The van der Waals surface area contributed by atoms with Crippen LogP contribution in [0.4, 0.5) is 0 Å². The summed E-state index contributed by atoms with van der Waals surface area (Å²) in [5, 5.41) is 3.57. The maximum atomic E-state index is 4.14. The Labute approximate surface area is 85.7 Å². The fraction of sp³-hybridized carbons (Fsp3) is 0.583. The van der Waals surface area contributed by atoms with E-state index in [1.165, 1.54) is 24.0 Å². The van der Waals surface area contributed by atoms with Crippen molar-refractivity contribution in [2.45, 2.75) is 39.3 Å². The number of nitrogens with zero attached hydrogens (tertiary/aromatic N) is 1. The lowest BCUT2D eigenvalue weighted by Crippen LogP contribution is -2.18. The van der Waals surface area contributed by atoms with Crippen LogP contribution in [-0.2, 0) is 6.54 Å². The molecule has 2 nitrogen and oxygen atoms in total. The molecule has 2 atom stereocenters. The van der Waals surface area contributed by atoms with Gasteiger partial charge in [0.05, 0.1) is 0 Å². The predicted octanol–water partition coefficient (Wildman–Crippen LogP) is 2.28. The Morgan fingerprint density at radius 1 is 1.57 bits per heavy atom. The van der Waals surface area contributed by atoms with Gasteiger partial charge in [0.15, 0.2) is 0 Å². The van der Waals surface area contributed by atoms with Crippen LogP contribution in [0.2, 0.25) is 0 Å². The summed E-state index contributed by atoms with van der Waals surface area (Å²) in [6, 6.07) is 2.83. The van der Waals surface area contributed by atoms with E-state index >= 15 is 0 Å². The van der Waals surface area contributed by atoms with Crippen molar-refractivity contribution in [2.24, 2.45) is 5.92 Å². The molecule has 0 radical (unpaired) electrons. The highest BCUT2D eigenvalue weighted by Gasteiger charge is 2.34. The standard InChI is InChI=1S/C12H18N2/c1-3-10-6-12(10)14-8-11-7-13-5-4-9(11)2/h4-5,7,10,12,14H,3,6,8H2,1-2H3. The number of rotatable bonds is 4. The predicted molar refractivity (Wildman–Crippen MR) is 58.0 cm³/mol. The van der Waals surface area contributed by atoms with Gasteiger partial charge in [-0.05, 0) is 36.5 Å². The molecule has 0 saturated heterocycles. The normalized spacial score (nSPS) is 25.0. The zero-order valence-corrected chi connectivity index (χ0v) is 8.96. The molecule has 1 aromatic heterocycles. The van der Waals surface area contributed by atoms with Gasteiger partial charge in [-0.25, -0.2) is 0 Å². The van der Waals surface area contributed by atoms with Crippen molar-refractivity contribution in [3.8, 4) is 0 Å². The molecule has 0 spiro atoms. The van der Waals surface area contributed by atoms with Crippen LogP contribution in [0.5, 0.6) is 0 Å². The summed E-state index contributed by atoms with van der Waals surface area (Å²) in [6.07, 6.45) is 6.48. The molecule has 1 aliphatic rings. The van der Waals surface area contributed by atoms with E-state index in [1.807, 2.05) is 12.4 Å². The number of aromatic nitrogens is 1. The molecule has 0 aromatic carbocycles. The fourth-order valence-electron chi connectivity index (χ4n) is 1.87. The lowest BCUT2D eigenvalue weighted by atomic mass is 10.1. The Morgan fingerprint density at radius 3 is 3.07 bits per heavy atom. The van der Waals surface area contributed by atoms with Gasteiger partial charge in [-0.15, -0.1) is 0 Å². The van der Waals surface area contributed by atoms with E-state index in [2.05, 4.69) is 30.2 Å². The molecule has 1 saturated carbocycles. The maximum absolute atomic E-state index is 4.14. The van der Waals surface area contributed by atoms with Crippen molar-refractivity contribution < 1.29 is 0 Å². The molecule has 1 N–H and O–H groups in total.